The number of benzene rings is 2. The summed E-state index contributed by atoms with van der Waals surface area (Å²) >= 11 is 0. The van der Waals surface area contributed by atoms with E-state index in [1.165, 1.54) is 5.39 Å². The van der Waals surface area contributed by atoms with E-state index < -0.39 is 0 Å². The van der Waals surface area contributed by atoms with Gasteiger partial charge in [-0.25, -0.2) is 0 Å². The van der Waals surface area contributed by atoms with Crippen LogP contribution in [0.3, 0.4) is 0 Å². The van der Waals surface area contributed by atoms with E-state index in [2.05, 4.69) is 23.2 Å². The summed E-state index contributed by atoms with van der Waals surface area (Å²) in [6.45, 7) is 1.46. The van der Waals surface area contributed by atoms with Crippen molar-refractivity contribution in [1.82, 2.24) is 9.88 Å². The van der Waals surface area contributed by atoms with Gasteiger partial charge in [-0.3, -0.25) is 9.78 Å². The summed E-state index contributed by atoms with van der Waals surface area (Å²) in [7, 11) is 4.73. The summed E-state index contributed by atoms with van der Waals surface area (Å²) in [6, 6.07) is 14.1. The fourth-order valence-electron chi connectivity index (χ4n) is 4.29. The van der Waals surface area contributed by atoms with Crippen LogP contribution in [0.25, 0.3) is 10.8 Å². The zero-order valence-corrected chi connectivity index (χ0v) is 18.3. The average Bonchev–Trinajstić information content (AvgIpc) is 2.83. The van der Waals surface area contributed by atoms with Gasteiger partial charge in [0.2, 0.25) is 11.7 Å². The van der Waals surface area contributed by atoms with Crippen LogP contribution in [0.5, 0.6) is 17.2 Å². The van der Waals surface area contributed by atoms with Gasteiger partial charge in [-0.15, -0.1) is 0 Å². The van der Waals surface area contributed by atoms with Crippen LogP contribution >= 0.6 is 0 Å². The molecule has 1 unspecified atom stereocenters. The summed E-state index contributed by atoms with van der Waals surface area (Å²) in [6.07, 6.45) is 4.23. The van der Waals surface area contributed by atoms with Gasteiger partial charge in [-0.05, 0) is 42.0 Å². The molecule has 1 atom stereocenters. The van der Waals surface area contributed by atoms with Gasteiger partial charge in [0, 0.05) is 36.3 Å². The number of methoxy groups -OCH3 is 3. The Balaban J connectivity index is 1.50. The van der Waals surface area contributed by atoms with E-state index in [0.717, 1.165) is 36.0 Å². The van der Waals surface area contributed by atoms with Crippen LogP contribution in [0.1, 0.15) is 30.0 Å². The van der Waals surface area contributed by atoms with Gasteiger partial charge in [0.15, 0.2) is 11.5 Å². The third-order valence-electron chi connectivity index (χ3n) is 5.92. The number of nitrogens with zero attached hydrogens (tertiary/aromatic N) is 2. The number of hydrogen-bond donors (Lipinski definition) is 0. The Morgan fingerprint density at radius 1 is 1.03 bits per heavy atom. The van der Waals surface area contributed by atoms with Gasteiger partial charge in [-0.1, -0.05) is 24.3 Å². The summed E-state index contributed by atoms with van der Waals surface area (Å²) in [5.74, 6) is 1.99. The first kappa shape index (κ1) is 21.0. The first-order valence-corrected chi connectivity index (χ1v) is 10.5. The van der Waals surface area contributed by atoms with E-state index in [1.807, 2.05) is 35.4 Å². The predicted octanol–water partition coefficient (Wildman–Crippen LogP) is 4.21. The van der Waals surface area contributed by atoms with Crippen molar-refractivity contribution in [2.45, 2.75) is 25.2 Å². The zero-order valence-electron chi connectivity index (χ0n) is 18.3. The Bertz CT molecular complexity index is 1060. The molecule has 1 saturated heterocycles. The predicted molar refractivity (Wildman–Crippen MR) is 120 cm³/mol. The molecular formula is C25H28N2O4. The molecule has 0 bridgehead atoms. The molecule has 1 amide bonds. The molecule has 0 saturated carbocycles. The second-order valence-electron chi connectivity index (χ2n) is 7.85. The van der Waals surface area contributed by atoms with Crippen LogP contribution in [-0.4, -0.2) is 50.2 Å². The maximum absolute atomic E-state index is 13.1. The van der Waals surface area contributed by atoms with E-state index in [0.29, 0.717) is 23.8 Å². The Morgan fingerprint density at radius 3 is 2.42 bits per heavy atom. The van der Waals surface area contributed by atoms with E-state index in [-0.39, 0.29) is 18.2 Å². The smallest absolute Gasteiger partial charge is 0.227 e. The highest BCUT2D eigenvalue weighted by atomic mass is 16.5. The molecule has 1 fully saturated rings. The zero-order chi connectivity index (χ0) is 21.8. The van der Waals surface area contributed by atoms with E-state index in [1.54, 1.807) is 21.3 Å². The SMILES string of the molecule is COc1cc(CC(=O)N2CCCC(c3cc4ccccc4cn3)C2)cc(OC)c1OC. The standard InChI is InChI=1S/C25H28N2O4/c1-29-22-11-17(12-23(30-2)25(22)31-3)13-24(28)27-10-6-9-20(16-27)21-14-18-7-4-5-8-19(18)15-26-21/h4-5,7-8,11-12,14-15,20H,6,9-10,13,16H2,1-3H3. The maximum Gasteiger partial charge on any atom is 0.227 e. The Labute approximate surface area is 182 Å². The maximum atomic E-state index is 13.1. The number of piperidine rings is 1. The largest absolute Gasteiger partial charge is 0.493 e. The fourth-order valence-corrected chi connectivity index (χ4v) is 4.29. The molecular weight excluding hydrogens is 392 g/mol. The second kappa shape index (κ2) is 9.25. The van der Waals surface area contributed by atoms with Crippen molar-refractivity contribution in [1.29, 1.82) is 0 Å². The van der Waals surface area contributed by atoms with Crippen molar-refractivity contribution in [3.05, 3.63) is 59.9 Å². The molecule has 6 nitrogen and oxygen atoms in total. The van der Waals surface area contributed by atoms with Gasteiger partial charge >= 0.3 is 0 Å². The highest BCUT2D eigenvalue weighted by Crippen LogP contribution is 2.38. The van der Waals surface area contributed by atoms with Crippen LogP contribution in [0.15, 0.2) is 48.7 Å². The summed E-state index contributed by atoms with van der Waals surface area (Å²) in [5.41, 5.74) is 1.90. The quantitative estimate of drug-likeness (QED) is 0.598. The van der Waals surface area contributed by atoms with Crippen molar-refractivity contribution in [2.75, 3.05) is 34.4 Å². The minimum Gasteiger partial charge on any atom is -0.493 e. The number of amides is 1. The summed E-state index contributed by atoms with van der Waals surface area (Å²) in [5, 5.41) is 2.32. The number of rotatable bonds is 6. The van der Waals surface area contributed by atoms with Crippen LogP contribution in [0.4, 0.5) is 0 Å². The van der Waals surface area contributed by atoms with Gasteiger partial charge < -0.3 is 19.1 Å². The topological polar surface area (TPSA) is 60.9 Å². The Hall–Kier alpha value is -3.28. The minimum atomic E-state index is 0.0970. The van der Waals surface area contributed by atoms with Crippen molar-refractivity contribution in [3.63, 3.8) is 0 Å². The molecule has 0 aliphatic carbocycles. The lowest BCUT2D eigenvalue weighted by atomic mass is 9.93. The van der Waals surface area contributed by atoms with E-state index >= 15 is 0 Å². The minimum absolute atomic E-state index is 0.0970. The first-order chi connectivity index (χ1) is 15.1. The van der Waals surface area contributed by atoms with E-state index in [4.69, 9.17) is 14.2 Å². The molecule has 162 valence electrons. The van der Waals surface area contributed by atoms with Crippen LogP contribution in [0, 0.1) is 0 Å². The van der Waals surface area contributed by atoms with Crippen LogP contribution in [-0.2, 0) is 11.2 Å². The van der Waals surface area contributed by atoms with Gasteiger partial charge in [0.1, 0.15) is 0 Å². The molecule has 1 aliphatic heterocycles. The number of aromatic nitrogens is 1. The monoisotopic (exact) mass is 420 g/mol. The second-order valence-corrected chi connectivity index (χ2v) is 7.85. The third-order valence-corrected chi connectivity index (χ3v) is 5.92. The van der Waals surface area contributed by atoms with Crippen molar-refractivity contribution in [3.8, 4) is 17.2 Å². The molecule has 0 spiro atoms. The number of ether oxygens (including phenoxy) is 3. The molecule has 4 rings (SSSR count). The molecule has 0 N–H and O–H groups in total. The number of hydrogen-bond acceptors (Lipinski definition) is 5. The third kappa shape index (κ3) is 4.43. The summed E-state index contributed by atoms with van der Waals surface area (Å²) in [4.78, 5) is 19.7. The van der Waals surface area contributed by atoms with Crippen molar-refractivity contribution >= 4 is 16.7 Å². The number of carbonyl (C=O) groups excluding carboxylic acids is 1. The van der Waals surface area contributed by atoms with Gasteiger partial charge in [-0.2, -0.15) is 0 Å². The molecule has 2 heterocycles. The highest BCUT2D eigenvalue weighted by Gasteiger charge is 2.26. The lowest BCUT2D eigenvalue weighted by Gasteiger charge is -2.32. The lowest BCUT2D eigenvalue weighted by molar-refractivity contribution is -0.131. The van der Waals surface area contributed by atoms with Gasteiger partial charge in [0.05, 0.1) is 27.8 Å². The first-order valence-electron chi connectivity index (χ1n) is 10.5. The highest BCUT2D eigenvalue weighted by molar-refractivity contribution is 5.82. The molecule has 6 heteroatoms. The number of pyridine rings is 1. The van der Waals surface area contributed by atoms with E-state index in [9.17, 15) is 4.79 Å². The fraction of sp³-hybridized carbons (Fsp3) is 0.360. The molecule has 0 radical (unpaired) electrons. The average molecular weight is 421 g/mol. The molecule has 1 aromatic heterocycles. The van der Waals surface area contributed by atoms with Crippen molar-refractivity contribution in [2.24, 2.45) is 0 Å². The number of carbonyl (C=O) groups is 1. The molecule has 3 aromatic rings. The van der Waals surface area contributed by atoms with Gasteiger partial charge in [0.25, 0.3) is 0 Å². The van der Waals surface area contributed by atoms with Crippen molar-refractivity contribution < 1.29 is 19.0 Å². The summed E-state index contributed by atoms with van der Waals surface area (Å²) < 4.78 is 16.2. The number of fused-ring (bicyclic) bond motifs is 1. The Morgan fingerprint density at radius 2 is 1.74 bits per heavy atom. The van der Waals surface area contributed by atoms with Crippen LogP contribution in [0.2, 0.25) is 0 Å². The molecule has 2 aromatic carbocycles. The molecule has 31 heavy (non-hydrogen) atoms. The van der Waals surface area contributed by atoms with Crippen LogP contribution < -0.4 is 14.2 Å². The Kier molecular flexibility index (Phi) is 6.26. The number of likely N-dealkylation sites (tertiary alicyclic amines) is 1. The lowest BCUT2D eigenvalue weighted by Crippen LogP contribution is -2.40. The molecule has 1 aliphatic rings. The normalized spacial score (nSPS) is 16.2.